The molecule has 0 aromatic heterocycles. The number of hydrogen-bond acceptors (Lipinski definition) is 6. The van der Waals surface area contributed by atoms with Crippen LogP contribution in [0.15, 0.2) is 0 Å². The fourth-order valence-corrected chi connectivity index (χ4v) is 5.33. The lowest BCUT2D eigenvalue weighted by atomic mass is 10.1. The third-order valence-corrected chi connectivity index (χ3v) is 7.89. The number of nitrogens with zero attached hydrogens (tertiary/aromatic N) is 1. The van der Waals surface area contributed by atoms with Gasteiger partial charge in [0.05, 0.1) is 14.1 Å². The van der Waals surface area contributed by atoms with E-state index in [2.05, 4.69) is 13.8 Å². The van der Waals surface area contributed by atoms with Crippen molar-refractivity contribution in [2.75, 3.05) is 34.0 Å². The summed E-state index contributed by atoms with van der Waals surface area (Å²) in [6.07, 6.45) is 27.4. The largest absolute Gasteiger partial charge is 0.489 e. The first-order valence-electron chi connectivity index (χ1n) is 17.6. The Morgan fingerprint density at radius 2 is 1.00 bits per heavy atom. The van der Waals surface area contributed by atoms with Gasteiger partial charge in [-0.3, -0.25) is 9.59 Å². The summed E-state index contributed by atoms with van der Waals surface area (Å²) in [5.41, 5.74) is 0. The van der Waals surface area contributed by atoms with Crippen LogP contribution in [0.4, 0.5) is 0 Å². The average molecular weight is 598 g/mol. The van der Waals surface area contributed by atoms with Gasteiger partial charge in [0.25, 0.3) is 0 Å². The van der Waals surface area contributed by atoms with Gasteiger partial charge in [-0.1, -0.05) is 142 Å². The summed E-state index contributed by atoms with van der Waals surface area (Å²) < 4.78 is 16.7. The van der Waals surface area contributed by atoms with Crippen LogP contribution in [0.1, 0.15) is 168 Å². The topological polar surface area (TPSA) is 82.1 Å². The van der Waals surface area contributed by atoms with Gasteiger partial charge in [0.15, 0.2) is 12.8 Å². The number of rotatable bonds is 32. The van der Waals surface area contributed by atoms with Gasteiger partial charge in [0, 0.05) is 12.8 Å². The number of carbonyl (C=O) groups is 2. The predicted molar refractivity (Wildman–Crippen MR) is 174 cm³/mol. The Morgan fingerprint density at radius 3 is 1.40 bits per heavy atom. The molecule has 1 atom stereocenters. The van der Waals surface area contributed by atoms with E-state index in [0.29, 0.717) is 31.6 Å². The van der Waals surface area contributed by atoms with Crippen LogP contribution in [0.5, 0.6) is 0 Å². The highest BCUT2D eigenvalue weighted by Gasteiger charge is 2.27. The first-order chi connectivity index (χ1) is 20.3. The minimum absolute atomic E-state index is 0.0470. The van der Waals surface area contributed by atoms with Crippen LogP contribution in [0.3, 0.4) is 0 Å². The van der Waals surface area contributed by atoms with E-state index in [-0.39, 0.29) is 25.3 Å². The molecule has 0 aliphatic heterocycles. The molecule has 0 aliphatic rings. The highest BCUT2D eigenvalue weighted by molar-refractivity contribution is 6.15. The lowest BCUT2D eigenvalue weighted by Gasteiger charge is -2.32. The van der Waals surface area contributed by atoms with E-state index in [1.54, 1.807) is 0 Å². The zero-order chi connectivity index (χ0) is 31.2. The van der Waals surface area contributed by atoms with Gasteiger partial charge in [0.2, 0.25) is 0 Å². The molecular formula is C34H68BNO6+. The second kappa shape index (κ2) is 29.9. The van der Waals surface area contributed by atoms with Crippen molar-refractivity contribution in [2.45, 2.75) is 174 Å². The third-order valence-electron chi connectivity index (χ3n) is 7.89. The van der Waals surface area contributed by atoms with Gasteiger partial charge in [0.1, 0.15) is 13.2 Å². The van der Waals surface area contributed by atoms with Crippen LogP contribution in [-0.2, 0) is 23.7 Å². The van der Waals surface area contributed by atoms with E-state index in [1.807, 2.05) is 14.1 Å². The number of likely N-dealkylation sites (N-methyl/N-ethyl adjacent to an activating group) is 1. The molecule has 0 saturated heterocycles. The molecule has 1 unspecified atom stereocenters. The summed E-state index contributed by atoms with van der Waals surface area (Å²) in [5, 5.41) is 8.91. The van der Waals surface area contributed by atoms with Gasteiger partial charge in [-0.05, 0) is 12.8 Å². The molecule has 247 valence electrons. The lowest BCUT2D eigenvalue weighted by molar-refractivity contribution is -0.909. The first-order valence-corrected chi connectivity index (χ1v) is 17.6. The minimum atomic E-state index is -0.552. The second-order valence-corrected chi connectivity index (χ2v) is 12.9. The molecule has 0 aromatic rings. The number of ether oxygens (including phenoxy) is 2. The van der Waals surface area contributed by atoms with Crippen molar-refractivity contribution in [3.8, 4) is 0 Å². The van der Waals surface area contributed by atoms with Crippen LogP contribution in [0, 0.1) is 0 Å². The molecule has 0 bridgehead atoms. The van der Waals surface area contributed by atoms with Crippen molar-refractivity contribution in [3.05, 3.63) is 0 Å². The summed E-state index contributed by atoms with van der Waals surface area (Å²) in [7, 11) is 4.50. The predicted octanol–water partition coefficient (Wildman–Crippen LogP) is 8.42. The summed E-state index contributed by atoms with van der Waals surface area (Å²) in [6, 6.07) is 0. The van der Waals surface area contributed by atoms with E-state index >= 15 is 0 Å². The van der Waals surface area contributed by atoms with Crippen molar-refractivity contribution in [3.63, 3.8) is 0 Å². The van der Waals surface area contributed by atoms with E-state index in [0.717, 1.165) is 38.5 Å². The Labute approximate surface area is 260 Å². The minimum Gasteiger partial charge on any atom is -0.461 e. The Hall–Kier alpha value is -1.12. The monoisotopic (exact) mass is 598 g/mol. The Bertz CT molecular complexity index is 619. The molecule has 0 spiro atoms. The average Bonchev–Trinajstić information content (AvgIpc) is 2.96. The highest BCUT2D eigenvalue weighted by atomic mass is 16.6. The van der Waals surface area contributed by atoms with Gasteiger partial charge < -0.3 is 23.6 Å². The van der Waals surface area contributed by atoms with Gasteiger partial charge in [-0.15, -0.1) is 0 Å². The highest BCUT2D eigenvalue weighted by Crippen LogP contribution is 2.14. The number of quaternary nitrogens is 1. The van der Waals surface area contributed by atoms with Gasteiger partial charge in [-0.25, -0.2) is 0 Å². The molecule has 7 nitrogen and oxygen atoms in total. The lowest BCUT2D eigenvalue weighted by Crippen LogP contribution is -2.49. The molecule has 0 amide bonds. The van der Waals surface area contributed by atoms with Crippen LogP contribution < -0.4 is 0 Å². The zero-order valence-electron chi connectivity index (χ0n) is 28.2. The number of carbonyl (C=O) groups excluding carboxylic acids is 2. The molecule has 8 heteroatoms. The normalized spacial score (nSPS) is 12.3. The van der Waals surface area contributed by atoms with Crippen molar-refractivity contribution in [1.82, 2.24) is 0 Å². The van der Waals surface area contributed by atoms with Crippen LogP contribution >= 0.6 is 0 Å². The quantitative estimate of drug-likeness (QED) is 0.0276. The molecule has 0 aliphatic carbocycles. The Kier molecular flexibility index (Phi) is 29.1. The smallest absolute Gasteiger partial charge is 0.461 e. The molecule has 0 fully saturated rings. The van der Waals surface area contributed by atoms with Crippen LogP contribution in [0.25, 0.3) is 0 Å². The first kappa shape index (κ1) is 40.9. The maximum absolute atomic E-state index is 12.6. The Balaban J connectivity index is 4.21. The van der Waals surface area contributed by atoms with Gasteiger partial charge in [-0.2, -0.15) is 0 Å². The number of hydrogen-bond donors (Lipinski definition) is 1. The maximum atomic E-state index is 12.6. The van der Waals surface area contributed by atoms with E-state index < -0.39 is 6.10 Å². The second-order valence-electron chi connectivity index (χ2n) is 12.9. The molecule has 0 aromatic carbocycles. The van der Waals surface area contributed by atoms with E-state index in [9.17, 15) is 9.59 Å². The van der Waals surface area contributed by atoms with Gasteiger partial charge >= 0.3 is 19.6 Å². The molecule has 0 heterocycles. The van der Waals surface area contributed by atoms with Crippen LogP contribution in [-0.4, -0.2) is 69.2 Å². The van der Waals surface area contributed by atoms with Crippen LogP contribution in [0.2, 0.25) is 0 Å². The summed E-state index contributed by atoms with van der Waals surface area (Å²) >= 11 is 0. The molecule has 0 rings (SSSR count). The SMILES string of the molecule is CCCCCCCCCCCCCC(=O)OCC(C[N+](C)(C)CO[B]O)OC(=O)CCCCCCCCCCCCC. The number of esters is 2. The van der Waals surface area contributed by atoms with Crippen molar-refractivity contribution < 1.29 is 33.2 Å². The third kappa shape index (κ3) is 29.0. The Morgan fingerprint density at radius 1 is 0.619 bits per heavy atom. The van der Waals surface area contributed by atoms with Crippen molar-refractivity contribution in [1.29, 1.82) is 0 Å². The molecule has 0 saturated carbocycles. The fraction of sp³-hybridized carbons (Fsp3) is 0.941. The summed E-state index contributed by atoms with van der Waals surface area (Å²) in [4.78, 5) is 25.0. The molecule has 42 heavy (non-hydrogen) atoms. The maximum Gasteiger partial charge on any atom is 0.489 e. The summed E-state index contributed by atoms with van der Waals surface area (Å²) in [6.45, 7) is 5.18. The number of unbranched alkanes of at least 4 members (excludes halogenated alkanes) is 20. The van der Waals surface area contributed by atoms with Crippen molar-refractivity contribution in [2.24, 2.45) is 0 Å². The molecule has 1 radical (unpaired) electrons. The van der Waals surface area contributed by atoms with E-state index in [1.165, 1.54) is 103 Å². The standard InChI is InChI=1S/C34H68BNO6/c1-5-7-9-11-13-15-17-19-21-23-25-27-33(37)40-30-32(29-36(3,4)31-41-35-39)42-34(38)28-26-24-22-20-18-16-14-12-10-8-6-2/h32,39H,5-31H2,1-4H3/q+1. The molecular weight excluding hydrogens is 529 g/mol. The van der Waals surface area contributed by atoms with E-state index in [4.69, 9.17) is 19.2 Å². The summed E-state index contributed by atoms with van der Waals surface area (Å²) in [5.74, 6) is -0.477. The fourth-order valence-electron chi connectivity index (χ4n) is 5.33. The molecule has 1 N–H and O–H groups in total. The zero-order valence-corrected chi connectivity index (χ0v) is 28.2. The van der Waals surface area contributed by atoms with Crippen molar-refractivity contribution >= 4 is 19.6 Å².